The van der Waals surface area contributed by atoms with Gasteiger partial charge in [-0.1, -0.05) is 36.4 Å². The van der Waals surface area contributed by atoms with Crippen LogP contribution in [0.3, 0.4) is 0 Å². The fraction of sp³-hybridized carbons (Fsp3) is 0.333. The fourth-order valence-corrected chi connectivity index (χ4v) is 3.99. The lowest BCUT2D eigenvalue weighted by molar-refractivity contribution is 0.0943. The van der Waals surface area contributed by atoms with E-state index in [0.29, 0.717) is 30.4 Å². The lowest BCUT2D eigenvalue weighted by Crippen LogP contribution is -2.39. The zero-order valence-corrected chi connectivity index (χ0v) is 16.8. The monoisotopic (exact) mass is 389 g/mol. The minimum Gasteiger partial charge on any atom is -0.493 e. The smallest absolute Gasteiger partial charge is 0.255 e. The topological polar surface area (TPSA) is 54.5 Å². The van der Waals surface area contributed by atoms with E-state index in [0.717, 1.165) is 42.5 Å². The van der Waals surface area contributed by atoms with Gasteiger partial charge in [-0.15, -0.1) is 0 Å². The average Bonchev–Trinajstić information content (AvgIpc) is 2.78. The maximum absolute atomic E-state index is 13.1. The molecular weight excluding hydrogens is 362 g/mol. The molecule has 0 spiro atoms. The Morgan fingerprint density at radius 1 is 1.10 bits per heavy atom. The molecule has 3 aromatic rings. The van der Waals surface area contributed by atoms with Gasteiger partial charge in [0.2, 0.25) is 0 Å². The Morgan fingerprint density at radius 2 is 1.90 bits per heavy atom. The van der Waals surface area contributed by atoms with Gasteiger partial charge in [-0.05, 0) is 54.7 Å². The number of piperidine rings is 1. The van der Waals surface area contributed by atoms with E-state index >= 15 is 0 Å². The first-order valence-electron chi connectivity index (χ1n) is 10.3. The second-order valence-corrected chi connectivity index (χ2v) is 7.42. The van der Waals surface area contributed by atoms with Gasteiger partial charge in [0.15, 0.2) is 0 Å². The second-order valence-electron chi connectivity index (χ2n) is 7.42. The Morgan fingerprint density at radius 3 is 2.66 bits per heavy atom. The normalized spacial score (nSPS) is 14.7. The Labute approximate surface area is 171 Å². The van der Waals surface area contributed by atoms with Crippen molar-refractivity contribution >= 4 is 22.5 Å². The minimum absolute atomic E-state index is 0.0580. The number of amides is 1. The predicted molar refractivity (Wildman–Crippen MR) is 117 cm³/mol. The third kappa shape index (κ3) is 4.34. The van der Waals surface area contributed by atoms with Crippen LogP contribution in [0.5, 0.6) is 5.75 Å². The molecule has 1 aromatic heterocycles. The molecule has 1 N–H and O–H groups in total. The van der Waals surface area contributed by atoms with Gasteiger partial charge < -0.3 is 15.0 Å². The number of rotatable bonds is 6. The third-order valence-electron chi connectivity index (χ3n) is 5.56. The van der Waals surface area contributed by atoms with E-state index < -0.39 is 0 Å². The molecule has 29 heavy (non-hydrogen) atoms. The lowest BCUT2D eigenvalue weighted by Gasteiger charge is -2.32. The Balaban J connectivity index is 1.41. The van der Waals surface area contributed by atoms with Gasteiger partial charge in [0.05, 0.1) is 12.2 Å². The number of nitrogens with one attached hydrogen (secondary N) is 1. The van der Waals surface area contributed by atoms with Crippen molar-refractivity contribution in [1.82, 2.24) is 10.3 Å². The molecule has 0 radical (unpaired) electrons. The molecule has 1 aliphatic rings. The molecule has 5 nitrogen and oxygen atoms in total. The fourth-order valence-electron chi connectivity index (χ4n) is 3.99. The van der Waals surface area contributed by atoms with E-state index in [-0.39, 0.29) is 5.91 Å². The van der Waals surface area contributed by atoms with Crippen molar-refractivity contribution in [3.8, 4) is 5.75 Å². The first kappa shape index (κ1) is 19.2. The quantitative estimate of drug-likeness (QED) is 0.684. The molecule has 1 saturated heterocycles. The summed E-state index contributed by atoms with van der Waals surface area (Å²) in [7, 11) is 0. The van der Waals surface area contributed by atoms with Crippen molar-refractivity contribution < 1.29 is 9.53 Å². The van der Waals surface area contributed by atoms with Gasteiger partial charge in [-0.3, -0.25) is 4.79 Å². The molecule has 0 aliphatic carbocycles. The van der Waals surface area contributed by atoms with E-state index in [1.807, 2.05) is 61.7 Å². The van der Waals surface area contributed by atoms with Crippen LogP contribution in [0.2, 0.25) is 0 Å². The van der Waals surface area contributed by atoms with E-state index in [9.17, 15) is 4.79 Å². The molecule has 1 fully saturated rings. The Bertz CT molecular complexity index is 966. The zero-order chi connectivity index (χ0) is 20.1. The standard InChI is InChI=1S/C24H27N3O2/c1-2-29-21-11-10-19-7-3-4-8-20(19)23(21)24(28)26-17-18-12-15-27(16-13-18)22-9-5-6-14-25-22/h3-11,14,18H,2,12-13,15-17H2,1H3,(H,26,28). The zero-order valence-electron chi connectivity index (χ0n) is 16.8. The van der Waals surface area contributed by atoms with Crippen LogP contribution >= 0.6 is 0 Å². The molecule has 2 heterocycles. The predicted octanol–water partition coefficient (Wildman–Crippen LogP) is 4.28. The van der Waals surface area contributed by atoms with Crippen molar-refractivity contribution in [3.63, 3.8) is 0 Å². The highest BCUT2D eigenvalue weighted by atomic mass is 16.5. The molecule has 0 atom stereocenters. The average molecular weight is 389 g/mol. The minimum atomic E-state index is -0.0580. The summed E-state index contributed by atoms with van der Waals surface area (Å²) >= 11 is 0. The summed E-state index contributed by atoms with van der Waals surface area (Å²) in [5.74, 6) is 2.10. The number of nitrogens with zero attached hydrogens (tertiary/aromatic N) is 2. The summed E-state index contributed by atoms with van der Waals surface area (Å²) in [6, 6.07) is 17.9. The summed E-state index contributed by atoms with van der Waals surface area (Å²) in [4.78, 5) is 19.8. The van der Waals surface area contributed by atoms with Crippen LogP contribution in [-0.2, 0) is 0 Å². The Hall–Kier alpha value is -3.08. The molecule has 4 rings (SSSR count). The van der Waals surface area contributed by atoms with Crippen LogP contribution in [0.15, 0.2) is 60.8 Å². The largest absolute Gasteiger partial charge is 0.493 e. The highest BCUT2D eigenvalue weighted by Gasteiger charge is 2.22. The molecule has 0 bridgehead atoms. The summed E-state index contributed by atoms with van der Waals surface area (Å²) in [5, 5.41) is 5.14. The molecule has 1 amide bonds. The molecule has 5 heteroatoms. The lowest BCUT2D eigenvalue weighted by atomic mass is 9.96. The maximum atomic E-state index is 13.1. The number of ether oxygens (including phenoxy) is 1. The van der Waals surface area contributed by atoms with Crippen molar-refractivity contribution in [1.29, 1.82) is 0 Å². The highest BCUT2D eigenvalue weighted by Crippen LogP contribution is 2.28. The van der Waals surface area contributed by atoms with E-state index in [2.05, 4.69) is 21.3 Å². The molecule has 150 valence electrons. The number of benzene rings is 2. The number of hydrogen-bond acceptors (Lipinski definition) is 4. The van der Waals surface area contributed by atoms with Crippen LogP contribution < -0.4 is 15.0 Å². The number of carbonyl (C=O) groups is 1. The molecule has 1 aliphatic heterocycles. The van der Waals surface area contributed by atoms with Gasteiger partial charge in [0.1, 0.15) is 11.6 Å². The molecular formula is C24H27N3O2. The van der Waals surface area contributed by atoms with Gasteiger partial charge in [0, 0.05) is 25.8 Å². The first-order valence-corrected chi connectivity index (χ1v) is 10.3. The molecule has 2 aromatic carbocycles. The van der Waals surface area contributed by atoms with Gasteiger partial charge in [-0.25, -0.2) is 4.98 Å². The SMILES string of the molecule is CCOc1ccc2ccccc2c1C(=O)NCC1CCN(c2ccccn2)CC1. The number of carbonyl (C=O) groups excluding carboxylic acids is 1. The number of anilines is 1. The molecule has 0 saturated carbocycles. The molecule has 0 unspecified atom stereocenters. The van der Waals surface area contributed by atoms with Crippen molar-refractivity contribution in [2.75, 3.05) is 31.1 Å². The van der Waals surface area contributed by atoms with E-state index in [4.69, 9.17) is 4.74 Å². The van der Waals surface area contributed by atoms with Crippen molar-refractivity contribution in [2.45, 2.75) is 19.8 Å². The van der Waals surface area contributed by atoms with Crippen LogP contribution in [-0.4, -0.2) is 37.1 Å². The first-order chi connectivity index (χ1) is 14.3. The van der Waals surface area contributed by atoms with Gasteiger partial charge in [-0.2, -0.15) is 0 Å². The number of hydrogen-bond donors (Lipinski definition) is 1. The highest BCUT2D eigenvalue weighted by molar-refractivity contribution is 6.09. The van der Waals surface area contributed by atoms with Crippen LogP contribution in [0.1, 0.15) is 30.1 Å². The number of fused-ring (bicyclic) bond motifs is 1. The summed E-state index contributed by atoms with van der Waals surface area (Å²) in [6.45, 7) is 5.09. The van der Waals surface area contributed by atoms with Gasteiger partial charge in [0.25, 0.3) is 5.91 Å². The van der Waals surface area contributed by atoms with Crippen LogP contribution in [0.4, 0.5) is 5.82 Å². The number of pyridine rings is 1. The van der Waals surface area contributed by atoms with Crippen LogP contribution in [0, 0.1) is 5.92 Å². The van der Waals surface area contributed by atoms with E-state index in [1.165, 1.54) is 0 Å². The maximum Gasteiger partial charge on any atom is 0.255 e. The second kappa shape index (κ2) is 8.95. The van der Waals surface area contributed by atoms with E-state index in [1.54, 1.807) is 0 Å². The Kier molecular flexibility index (Phi) is 5.94. The third-order valence-corrected chi connectivity index (χ3v) is 5.56. The van der Waals surface area contributed by atoms with Crippen molar-refractivity contribution in [2.24, 2.45) is 5.92 Å². The number of aromatic nitrogens is 1. The summed E-state index contributed by atoms with van der Waals surface area (Å²) < 4.78 is 5.75. The van der Waals surface area contributed by atoms with Gasteiger partial charge >= 0.3 is 0 Å². The van der Waals surface area contributed by atoms with Crippen molar-refractivity contribution in [3.05, 3.63) is 66.4 Å². The van der Waals surface area contributed by atoms with Crippen LogP contribution in [0.25, 0.3) is 10.8 Å². The summed E-state index contributed by atoms with van der Waals surface area (Å²) in [5.41, 5.74) is 0.635. The summed E-state index contributed by atoms with van der Waals surface area (Å²) in [6.07, 6.45) is 3.93.